The molecular formula is C10H13BrClNOS. The lowest BCUT2D eigenvalue weighted by Gasteiger charge is -2.26. The van der Waals surface area contributed by atoms with Gasteiger partial charge >= 0.3 is 0 Å². The normalized spacial score (nSPS) is 20.5. The smallest absolute Gasteiger partial charge is 0.107 e. The molecule has 0 aromatic carbocycles. The first-order valence-electron chi connectivity index (χ1n) is 5.02. The molecule has 2 N–H and O–H groups in total. The number of halogens is 2. The van der Waals surface area contributed by atoms with E-state index in [4.69, 9.17) is 11.6 Å². The standard InChI is InChI=1S/C10H13BrClNOS/c11-7-5-8(15-10(7)12)9(14)6-1-3-13-4-2-6/h5-6,9,13-14H,1-4H2. The quantitative estimate of drug-likeness (QED) is 0.879. The number of nitrogens with one attached hydrogen (secondary N) is 1. The molecular weight excluding hydrogens is 298 g/mol. The second kappa shape index (κ2) is 5.15. The fourth-order valence-corrected chi connectivity index (χ4v) is 3.72. The molecule has 1 aliphatic heterocycles. The van der Waals surface area contributed by atoms with E-state index in [9.17, 15) is 5.11 Å². The van der Waals surface area contributed by atoms with Crippen LogP contribution in [0.15, 0.2) is 10.5 Å². The highest BCUT2D eigenvalue weighted by atomic mass is 79.9. The van der Waals surface area contributed by atoms with E-state index in [-0.39, 0.29) is 6.10 Å². The van der Waals surface area contributed by atoms with Crippen molar-refractivity contribution < 1.29 is 5.11 Å². The highest BCUT2D eigenvalue weighted by molar-refractivity contribution is 9.10. The first-order valence-corrected chi connectivity index (χ1v) is 7.00. The molecule has 1 fully saturated rings. The van der Waals surface area contributed by atoms with Crippen molar-refractivity contribution in [2.24, 2.45) is 5.92 Å². The van der Waals surface area contributed by atoms with Gasteiger partial charge in [0.25, 0.3) is 0 Å². The Morgan fingerprint density at radius 3 is 2.73 bits per heavy atom. The summed E-state index contributed by atoms with van der Waals surface area (Å²) in [5.41, 5.74) is 0. The summed E-state index contributed by atoms with van der Waals surface area (Å²) in [6.07, 6.45) is 1.71. The Morgan fingerprint density at radius 2 is 2.20 bits per heavy atom. The molecule has 1 atom stereocenters. The number of aliphatic hydroxyl groups is 1. The monoisotopic (exact) mass is 309 g/mol. The summed E-state index contributed by atoms with van der Waals surface area (Å²) >= 11 is 10.8. The summed E-state index contributed by atoms with van der Waals surface area (Å²) in [6.45, 7) is 2.00. The lowest BCUT2D eigenvalue weighted by molar-refractivity contribution is 0.0920. The fourth-order valence-electron chi connectivity index (χ4n) is 1.90. The van der Waals surface area contributed by atoms with Crippen LogP contribution in [0.4, 0.5) is 0 Å². The zero-order chi connectivity index (χ0) is 10.8. The van der Waals surface area contributed by atoms with E-state index < -0.39 is 0 Å². The Morgan fingerprint density at radius 1 is 1.53 bits per heavy atom. The number of rotatable bonds is 2. The third-order valence-corrected chi connectivity index (χ3v) is 5.33. The Labute approximate surface area is 107 Å². The lowest BCUT2D eigenvalue weighted by Crippen LogP contribution is -2.30. The average Bonchev–Trinajstić information content (AvgIpc) is 2.59. The minimum atomic E-state index is -0.360. The maximum atomic E-state index is 10.2. The van der Waals surface area contributed by atoms with Crippen molar-refractivity contribution >= 4 is 38.9 Å². The van der Waals surface area contributed by atoms with Gasteiger partial charge in [0.1, 0.15) is 4.34 Å². The number of thiophene rings is 1. The molecule has 0 aliphatic carbocycles. The molecule has 5 heteroatoms. The van der Waals surface area contributed by atoms with Crippen molar-refractivity contribution in [3.63, 3.8) is 0 Å². The van der Waals surface area contributed by atoms with Gasteiger partial charge in [0.15, 0.2) is 0 Å². The van der Waals surface area contributed by atoms with Gasteiger partial charge in [-0.05, 0) is 53.8 Å². The second-order valence-corrected chi connectivity index (χ2v) is 6.34. The van der Waals surface area contributed by atoms with Crippen LogP contribution in [0.25, 0.3) is 0 Å². The second-order valence-electron chi connectivity index (χ2n) is 3.80. The molecule has 2 rings (SSSR count). The predicted molar refractivity (Wildman–Crippen MR) is 67.6 cm³/mol. The number of piperidine rings is 1. The molecule has 1 aromatic heterocycles. The molecule has 0 bridgehead atoms. The van der Waals surface area contributed by atoms with Gasteiger partial charge in [-0.15, -0.1) is 11.3 Å². The SMILES string of the molecule is OC(c1cc(Br)c(Cl)s1)C1CCNCC1. The highest BCUT2D eigenvalue weighted by Crippen LogP contribution is 2.39. The third-order valence-electron chi connectivity index (χ3n) is 2.79. The average molecular weight is 311 g/mol. The topological polar surface area (TPSA) is 32.3 Å². The predicted octanol–water partition coefficient (Wildman–Crippen LogP) is 3.20. The number of hydrogen-bond donors (Lipinski definition) is 2. The minimum Gasteiger partial charge on any atom is -0.387 e. The van der Waals surface area contributed by atoms with Crippen molar-refractivity contribution in [3.8, 4) is 0 Å². The molecule has 1 aromatic rings. The van der Waals surface area contributed by atoms with Crippen LogP contribution in [0.5, 0.6) is 0 Å². The van der Waals surface area contributed by atoms with Crippen LogP contribution < -0.4 is 5.32 Å². The Balaban J connectivity index is 2.08. The summed E-state index contributed by atoms with van der Waals surface area (Å²) in [6, 6.07) is 1.93. The highest BCUT2D eigenvalue weighted by Gasteiger charge is 2.24. The van der Waals surface area contributed by atoms with Crippen molar-refractivity contribution in [2.75, 3.05) is 13.1 Å². The van der Waals surface area contributed by atoms with E-state index >= 15 is 0 Å². The lowest BCUT2D eigenvalue weighted by atomic mass is 9.91. The fraction of sp³-hybridized carbons (Fsp3) is 0.600. The Kier molecular flexibility index (Phi) is 4.07. The molecule has 0 amide bonds. The van der Waals surface area contributed by atoms with E-state index in [0.29, 0.717) is 5.92 Å². The van der Waals surface area contributed by atoms with Gasteiger partial charge in [-0.3, -0.25) is 0 Å². The van der Waals surface area contributed by atoms with E-state index in [1.54, 1.807) is 0 Å². The summed E-state index contributed by atoms with van der Waals surface area (Å²) in [7, 11) is 0. The first kappa shape index (κ1) is 11.9. The minimum absolute atomic E-state index is 0.360. The van der Waals surface area contributed by atoms with Crippen LogP contribution >= 0.6 is 38.9 Å². The van der Waals surface area contributed by atoms with Crippen LogP contribution in [-0.2, 0) is 0 Å². The zero-order valence-corrected chi connectivity index (χ0v) is 11.3. The van der Waals surface area contributed by atoms with Gasteiger partial charge < -0.3 is 10.4 Å². The van der Waals surface area contributed by atoms with Crippen molar-refractivity contribution in [2.45, 2.75) is 18.9 Å². The van der Waals surface area contributed by atoms with Crippen molar-refractivity contribution in [1.29, 1.82) is 0 Å². The van der Waals surface area contributed by atoms with E-state index in [1.807, 2.05) is 6.07 Å². The molecule has 2 heterocycles. The molecule has 0 radical (unpaired) electrons. The van der Waals surface area contributed by atoms with E-state index in [2.05, 4.69) is 21.2 Å². The van der Waals surface area contributed by atoms with Crippen LogP contribution in [0.1, 0.15) is 23.8 Å². The van der Waals surface area contributed by atoms with Crippen LogP contribution in [-0.4, -0.2) is 18.2 Å². The van der Waals surface area contributed by atoms with Crippen LogP contribution in [0.3, 0.4) is 0 Å². The number of aliphatic hydroxyl groups excluding tert-OH is 1. The van der Waals surface area contributed by atoms with Gasteiger partial charge in [-0.1, -0.05) is 11.6 Å². The zero-order valence-electron chi connectivity index (χ0n) is 8.17. The molecule has 0 spiro atoms. The van der Waals surface area contributed by atoms with Crippen LogP contribution in [0, 0.1) is 5.92 Å². The summed E-state index contributed by atoms with van der Waals surface area (Å²) in [5.74, 6) is 0.368. The summed E-state index contributed by atoms with van der Waals surface area (Å²) < 4.78 is 1.61. The van der Waals surface area contributed by atoms with Crippen LogP contribution in [0.2, 0.25) is 4.34 Å². The van der Waals surface area contributed by atoms with E-state index in [0.717, 1.165) is 39.6 Å². The Bertz CT molecular complexity index is 319. The molecule has 1 aliphatic rings. The Hall–Kier alpha value is 0.390. The molecule has 15 heavy (non-hydrogen) atoms. The van der Waals surface area contributed by atoms with Gasteiger partial charge in [0.2, 0.25) is 0 Å². The summed E-state index contributed by atoms with van der Waals surface area (Å²) in [5, 5.41) is 13.5. The molecule has 84 valence electrons. The number of hydrogen-bond acceptors (Lipinski definition) is 3. The third kappa shape index (κ3) is 2.74. The maximum absolute atomic E-state index is 10.2. The van der Waals surface area contributed by atoms with Gasteiger partial charge in [0, 0.05) is 9.35 Å². The van der Waals surface area contributed by atoms with Gasteiger partial charge in [-0.2, -0.15) is 0 Å². The molecule has 1 saturated heterocycles. The molecule has 2 nitrogen and oxygen atoms in total. The molecule has 0 saturated carbocycles. The van der Waals surface area contributed by atoms with E-state index in [1.165, 1.54) is 11.3 Å². The van der Waals surface area contributed by atoms with Crippen molar-refractivity contribution in [3.05, 3.63) is 19.8 Å². The van der Waals surface area contributed by atoms with Gasteiger partial charge in [0.05, 0.1) is 6.10 Å². The van der Waals surface area contributed by atoms with Crippen molar-refractivity contribution in [1.82, 2.24) is 5.32 Å². The summed E-state index contributed by atoms with van der Waals surface area (Å²) in [4.78, 5) is 0.971. The molecule has 1 unspecified atom stereocenters. The first-order chi connectivity index (χ1) is 7.18. The largest absolute Gasteiger partial charge is 0.387 e. The maximum Gasteiger partial charge on any atom is 0.107 e. The van der Waals surface area contributed by atoms with Gasteiger partial charge in [-0.25, -0.2) is 0 Å².